The van der Waals surface area contributed by atoms with Gasteiger partial charge < -0.3 is 30.8 Å². The minimum atomic E-state index is -1.10. The molecule has 1 aromatic carbocycles. The van der Waals surface area contributed by atoms with Gasteiger partial charge in [0.2, 0.25) is 0 Å². The van der Waals surface area contributed by atoms with E-state index in [0.717, 1.165) is 22.6 Å². The topological polar surface area (TPSA) is 111 Å². The van der Waals surface area contributed by atoms with Crippen LogP contribution in [-0.4, -0.2) is 36.2 Å². The number of carbonyl (C=O) groups is 1. The molecule has 32 heavy (non-hydrogen) atoms. The van der Waals surface area contributed by atoms with Gasteiger partial charge in [-0.1, -0.05) is 12.1 Å². The zero-order valence-electron chi connectivity index (χ0n) is 19.7. The molecule has 1 aromatic heterocycles. The molecule has 9 heteroatoms. The molecule has 1 atom stereocenters. The van der Waals surface area contributed by atoms with Gasteiger partial charge in [0.15, 0.2) is 5.96 Å². The lowest BCUT2D eigenvalue weighted by atomic mass is 9.96. The van der Waals surface area contributed by atoms with Crippen LogP contribution in [0.15, 0.2) is 39.7 Å². The molecule has 0 aliphatic rings. The van der Waals surface area contributed by atoms with Crippen molar-refractivity contribution in [2.45, 2.75) is 59.7 Å². The molecule has 0 spiro atoms. The van der Waals surface area contributed by atoms with Gasteiger partial charge in [0, 0.05) is 23.8 Å². The average Bonchev–Trinajstić information content (AvgIpc) is 3.03. The first-order valence-electron chi connectivity index (χ1n) is 10.6. The highest BCUT2D eigenvalue weighted by atomic mass is 127. The molecule has 5 N–H and O–H groups in total. The van der Waals surface area contributed by atoms with E-state index in [4.69, 9.17) is 4.42 Å². The van der Waals surface area contributed by atoms with Gasteiger partial charge in [-0.05, 0) is 65.3 Å². The first-order chi connectivity index (χ1) is 14.6. The first-order valence-corrected chi connectivity index (χ1v) is 10.6. The molecule has 0 aliphatic carbocycles. The zero-order chi connectivity index (χ0) is 23.0. The Morgan fingerprint density at radius 2 is 1.84 bits per heavy atom. The van der Waals surface area contributed by atoms with Crippen LogP contribution in [0.2, 0.25) is 0 Å². The molecule has 178 valence electrons. The molecule has 0 aliphatic heterocycles. The molecule has 2 rings (SSSR count). The molecular formula is C23H36IN5O3. The lowest BCUT2D eigenvalue weighted by molar-refractivity contribution is 0.0601. The van der Waals surface area contributed by atoms with Crippen molar-refractivity contribution in [3.63, 3.8) is 0 Å². The fraction of sp³-hybridized carbons (Fsp3) is 0.478. The standard InChI is InChI=1S/C23H35N5O3.HI/c1-7-24-21(26-14-23(6,30)20-12-16(4)31-17(20)5)25-13-18-8-10-19(11-9-18)28-22(29)27-15(2)3;/h8-12,15,30H,7,13-14H2,1-6H3,(H2,24,25,26)(H2,27,28,29);1H. The lowest BCUT2D eigenvalue weighted by Crippen LogP contribution is -2.44. The van der Waals surface area contributed by atoms with Crippen molar-refractivity contribution in [2.24, 2.45) is 4.99 Å². The summed E-state index contributed by atoms with van der Waals surface area (Å²) >= 11 is 0. The van der Waals surface area contributed by atoms with E-state index in [0.29, 0.717) is 24.8 Å². The molecule has 0 bridgehead atoms. The van der Waals surface area contributed by atoms with E-state index in [2.05, 4.69) is 26.3 Å². The second-order valence-electron chi connectivity index (χ2n) is 8.10. The summed E-state index contributed by atoms with van der Waals surface area (Å²) in [5.41, 5.74) is 1.39. The van der Waals surface area contributed by atoms with Crippen LogP contribution in [0, 0.1) is 13.8 Å². The number of aryl methyl sites for hydroxylation is 2. The number of aliphatic imine (C=N–C) groups is 1. The summed E-state index contributed by atoms with van der Waals surface area (Å²) in [4.78, 5) is 16.4. The molecule has 2 aromatic rings. The molecule has 0 saturated carbocycles. The highest BCUT2D eigenvalue weighted by Gasteiger charge is 2.27. The minimum Gasteiger partial charge on any atom is -0.466 e. The van der Waals surface area contributed by atoms with Crippen LogP contribution in [-0.2, 0) is 12.1 Å². The number of furan rings is 1. The van der Waals surface area contributed by atoms with Crippen LogP contribution in [0.4, 0.5) is 10.5 Å². The fourth-order valence-electron chi connectivity index (χ4n) is 3.15. The van der Waals surface area contributed by atoms with Gasteiger partial charge in [-0.3, -0.25) is 0 Å². The maximum Gasteiger partial charge on any atom is 0.319 e. The second kappa shape index (κ2) is 12.7. The Morgan fingerprint density at radius 1 is 1.19 bits per heavy atom. The summed E-state index contributed by atoms with van der Waals surface area (Å²) in [5, 5.41) is 22.9. The summed E-state index contributed by atoms with van der Waals surface area (Å²) < 4.78 is 5.55. The number of benzene rings is 1. The van der Waals surface area contributed by atoms with E-state index in [9.17, 15) is 9.90 Å². The monoisotopic (exact) mass is 557 g/mol. The largest absolute Gasteiger partial charge is 0.466 e. The molecule has 0 saturated heterocycles. The van der Waals surface area contributed by atoms with Crippen molar-refractivity contribution < 1.29 is 14.3 Å². The summed E-state index contributed by atoms with van der Waals surface area (Å²) in [7, 11) is 0. The highest BCUT2D eigenvalue weighted by Crippen LogP contribution is 2.26. The van der Waals surface area contributed by atoms with Gasteiger partial charge in [-0.15, -0.1) is 24.0 Å². The fourth-order valence-corrected chi connectivity index (χ4v) is 3.15. The summed E-state index contributed by atoms with van der Waals surface area (Å²) in [6.07, 6.45) is 0. The third-order valence-corrected chi connectivity index (χ3v) is 4.62. The number of hydrogen-bond acceptors (Lipinski definition) is 4. The average molecular weight is 557 g/mol. The Bertz CT molecular complexity index is 892. The molecule has 0 radical (unpaired) electrons. The minimum absolute atomic E-state index is 0. The number of halogens is 1. The SMILES string of the molecule is CCNC(=NCc1ccc(NC(=O)NC(C)C)cc1)NCC(C)(O)c1cc(C)oc1C.I. The molecule has 8 nitrogen and oxygen atoms in total. The van der Waals surface area contributed by atoms with Crippen LogP contribution in [0.3, 0.4) is 0 Å². The Hall–Kier alpha value is -2.27. The van der Waals surface area contributed by atoms with E-state index in [1.165, 1.54) is 0 Å². The summed E-state index contributed by atoms with van der Waals surface area (Å²) in [5.74, 6) is 2.09. The number of hydrogen-bond donors (Lipinski definition) is 5. The third kappa shape index (κ3) is 8.70. The van der Waals surface area contributed by atoms with E-state index >= 15 is 0 Å². The number of nitrogens with one attached hydrogen (secondary N) is 4. The van der Waals surface area contributed by atoms with E-state index < -0.39 is 5.60 Å². The van der Waals surface area contributed by atoms with Crippen molar-refractivity contribution in [1.82, 2.24) is 16.0 Å². The highest BCUT2D eigenvalue weighted by molar-refractivity contribution is 14.0. The van der Waals surface area contributed by atoms with E-state index in [1.807, 2.05) is 65.0 Å². The predicted molar refractivity (Wildman–Crippen MR) is 140 cm³/mol. The number of urea groups is 1. The number of aliphatic hydroxyl groups is 1. The predicted octanol–water partition coefficient (Wildman–Crippen LogP) is 4.01. The Morgan fingerprint density at radius 3 is 2.38 bits per heavy atom. The van der Waals surface area contributed by atoms with Crippen molar-refractivity contribution >= 4 is 41.7 Å². The first kappa shape index (κ1) is 27.8. The molecular weight excluding hydrogens is 521 g/mol. The Balaban J connectivity index is 0.00000512. The number of amides is 2. The van der Waals surface area contributed by atoms with E-state index in [1.54, 1.807) is 6.92 Å². The number of nitrogens with zero attached hydrogens (tertiary/aromatic N) is 1. The maximum absolute atomic E-state index is 11.8. The van der Waals surface area contributed by atoms with Crippen LogP contribution in [0.5, 0.6) is 0 Å². The van der Waals surface area contributed by atoms with Crippen LogP contribution >= 0.6 is 24.0 Å². The zero-order valence-corrected chi connectivity index (χ0v) is 22.0. The van der Waals surface area contributed by atoms with Crippen LogP contribution in [0.25, 0.3) is 0 Å². The van der Waals surface area contributed by atoms with Crippen molar-refractivity contribution in [2.75, 3.05) is 18.4 Å². The van der Waals surface area contributed by atoms with Gasteiger partial charge in [-0.25, -0.2) is 9.79 Å². The molecule has 2 amide bonds. The van der Waals surface area contributed by atoms with Crippen LogP contribution < -0.4 is 21.3 Å². The molecule has 0 fully saturated rings. The van der Waals surface area contributed by atoms with E-state index in [-0.39, 0.29) is 42.6 Å². The van der Waals surface area contributed by atoms with Gasteiger partial charge in [0.05, 0.1) is 13.1 Å². The third-order valence-electron chi connectivity index (χ3n) is 4.62. The summed E-state index contributed by atoms with van der Waals surface area (Å²) in [6.45, 7) is 12.7. The Kier molecular flexibility index (Phi) is 11.0. The van der Waals surface area contributed by atoms with Gasteiger partial charge in [-0.2, -0.15) is 0 Å². The molecule has 1 unspecified atom stereocenters. The van der Waals surface area contributed by atoms with Gasteiger partial charge >= 0.3 is 6.03 Å². The van der Waals surface area contributed by atoms with Gasteiger partial charge in [0.25, 0.3) is 0 Å². The lowest BCUT2D eigenvalue weighted by Gasteiger charge is -2.24. The smallest absolute Gasteiger partial charge is 0.319 e. The number of anilines is 1. The normalized spacial score (nSPS) is 13.2. The van der Waals surface area contributed by atoms with Crippen LogP contribution in [0.1, 0.15) is 50.3 Å². The maximum atomic E-state index is 11.8. The number of rotatable bonds is 8. The number of carbonyl (C=O) groups excluding carboxylic acids is 1. The number of guanidine groups is 1. The quantitative estimate of drug-likeness (QED) is 0.192. The second-order valence-corrected chi connectivity index (χ2v) is 8.10. The van der Waals surface area contributed by atoms with Crippen molar-refractivity contribution in [3.05, 3.63) is 53.0 Å². The Labute approximate surface area is 207 Å². The molecule has 1 heterocycles. The van der Waals surface area contributed by atoms with Crippen molar-refractivity contribution in [3.8, 4) is 0 Å². The van der Waals surface area contributed by atoms with Gasteiger partial charge in [0.1, 0.15) is 17.1 Å². The van der Waals surface area contributed by atoms with Crippen molar-refractivity contribution in [1.29, 1.82) is 0 Å². The summed E-state index contributed by atoms with van der Waals surface area (Å²) in [6, 6.07) is 9.25.